The highest BCUT2D eigenvalue weighted by Crippen LogP contribution is 2.20. The van der Waals surface area contributed by atoms with Gasteiger partial charge in [0.1, 0.15) is 12.4 Å². The molecule has 0 fully saturated rings. The van der Waals surface area contributed by atoms with Crippen molar-refractivity contribution in [1.82, 2.24) is 5.32 Å². The maximum Gasteiger partial charge on any atom is 0.232 e. The molecule has 2 aromatic rings. The van der Waals surface area contributed by atoms with Crippen LogP contribution in [0.2, 0.25) is 0 Å². The number of nitrogens with zero attached hydrogens (tertiary/aromatic N) is 1. The molecule has 0 spiro atoms. The van der Waals surface area contributed by atoms with Crippen molar-refractivity contribution in [3.05, 3.63) is 60.2 Å². The average molecular weight is 419 g/mol. The second-order valence-corrected chi connectivity index (χ2v) is 8.46. The van der Waals surface area contributed by atoms with Gasteiger partial charge in [-0.15, -0.1) is 0 Å². The monoisotopic (exact) mass is 418 g/mol. The topological polar surface area (TPSA) is 92.8 Å². The van der Waals surface area contributed by atoms with E-state index in [1.165, 1.54) is 11.2 Å². The van der Waals surface area contributed by atoms with Crippen molar-refractivity contribution in [2.45, 2.75) is 19.8 Å². The Balaban J connectivity index is 1.81. The molecule has 2 aromatic carbocycles. The summed E-state index contributed by atoms with van der Waals surface area (Å²) in [5.41, 5.74) is 0.851. The fraction of sp³-hybridized carbons (Fsp3) is 0.333. The van der Waals surface area contributed by atoms with Crippen LogP contribution >= 0.6 is 0 Å². The van der Waals surface area contributed by atoms with Gasteiger partial charge < -0.3 is 10.1 Å². The van der Waals surface area contributed by atoms with E-state index in [4.69, 9.17) is 4.74 Å². The van der Waals surface area contributed by atoms with Crippen molar-refractivity contribution < 1.29 is 22.7 Å². The molecule has 0 unspecified atom stereocenters. The number of carbonyl (C=O) groups is 2. The number of amides is 1. The Bertz CT molecular complexity index is 929. The molecule has 0 saturated heterocycles. The lowest BCUT2D eigenvalue weighted by atomic mass is 10.1. The fourth-order valence-corrected chi connectivity index (χ4v) is 3.67. The van der Waals surface area contributed by atoms with E-state index in [0.29, 0.717) is 30.8 Å². The SMILES string of the molecule is CC(=O)c1cccc(N(CCCC(=O)NCCOc2ccccc2)S(C)(=O)=O)c1. The molecule has 0 bridgehead atoms. The summed E-state index contributed by atoms with van der Waals surface area (Å²) in [6, 6.07) is 15.8. The number of hydrogen-bond donors (Lipinski definition) is 1. The lowest BCUT2D eigenvalue weighted by Gasteiger charge is -2.22. The minimum absolute atomic E-state index is 0.141. The van der Waals surface area contributed by atoms with Gasteiger partial charge in [0, 0.05) is 18.5 Å². The number of hydrogen-bond acceptors (Lipinski definition) is 5. The molecule has 8 heteroatoms. The molecule has 0 heterocycles. The van der Waals surface area contributed by atoms with Gasteiger partial charge in [-0.1, -0.05) is 30.3 Å². The van der Waals surface area contributed by atoms with E-state index in [2.05, 4.69) is 5.32 Å². The summed E-state index contributed by atoms with van der Waals surface area (Å²) in [5, 5.41) is 2.75. The largest absolute Gasteiger partial charge is 0.492 e. The Morgan fingerprint density at radius 2 is 1.79 bits per heavy atom. The standard InChI is InChI=1S/C21H26N2O5S/c1-17(24)18-8-6-9-19(16-18)23(29(2,26)27)14-7-12-21(25)22-13-15-28-20-10-4-3-5-11-20/h3-6,8-11,16H,7,12-15H2,1-2H3,(H,22,25). The maximum absolute atomic E-state index is 12.2. The Labute approximate surface area is 171 Å². The molecule has 156 valence electrons. The number of rotatable bonds is 11. The van der Waals surface area contributed by atoms with Gasteiger partial charge in [-0.2, -0.15) is 0 Å². The minimum Gasteiger partial charge on any atom is -0.492 e. The number of Topliss-reactive ketones (excluding diaryl/α,β-unsaturated/α-hetero) is 1. The third-order valence-corrected chi connectivity index (χ3v) is 5.34. The van der Waals surface area contributed by atoms with Crippen molar-refractivity contribution in [2.75, 3.05) is 30.3 Å². The quantitative estimate of drug-likeness (QED) is 0.447. The maximum atomic E-state index is 12.2. The number of anilines is 1. The van der Waals surface area contributed by atoms with Gasteiger partial charge in [0.25, 0.3) is 0 Å². The second kappa shape index (κ2) is 10.6. The van der Waals surface area contributed by atoms with E-state index in [1.807, 2.05) is 30.3 Å². The number of ketones is 1. The van der Waals surface area contributed by atoms with Gasteiger partial charge in [0.2, 0.25) is 15.9 Å². The molecule has 0 aliphatic carbocycles. The van der Waals surface area contributed by atoms with Crippen LogP contribution in [-0.4, -0.2) is 46.1 Å². The Kier molecular flexibility index (Phi) is 8.21. The summed E-state index contributed by atoms with van der Waals surface area (Å²) >= 11 is 0. The lowest BCUT2D eigenvalue weighted by Crippen LogP contribution is -2.33. The highest BCUT2D eigenvalue weighted by atomic mass is 32.2. The zero-order valence-corrected chi connectivity index (χ0v) is 17.4. The molecular weight excluding hydrogens is 392 g/mol. The van der Waals surface area contributed by atoms with Gasteiger partial charge in [0.15, 0.2) is 5.78 Å². The van der Waals surface area contributed by atoms with Crippen LogP contribution in [0.1, 0.15) is 30.1 Å². The first-order chi connectivity index (χ1) is 13.8. The first-order valence-corrected chi connectivity index (χ1v) is 11.2. The van der Waals surface area contributed by atoms with Crippen molar-refractivity contribution in [3.8, 4) is 5.75 Å². The molecular formula is C21H26N2O5S. The van der Waals surface area contributed by atoms with Gasteiger partial charge in [-0.3, -0.25) is 13.9 Å². The van der Waals surface area contributed by atoms with Gasteiger partial charge >= 0.3 is 0 Å². The third-order valence-electron chi connectivity index (χ3n) is 4.14. The predicted molar refractivity (Wildman–Crippen MR) is 113 cm³/mol. The van der Waals surface area contributed by atoms with E-state index in [-0.39, 0.29) is 24.7 Å². The number of sulfonamides is 1. The molecule has 0 atom stereocenters. The van der Waals surface area contributed by atoms with E-state index in [1.54, 1.807) is 24.3 Å². The van der Waals surface area contributed by atoms with Crippen LogP contribution < -0.4 is 14.4 Å². The zero-order chi connectivity index (χ0) is 21.3. The second-order valence-electron chi connectivity index (χ2n) is 6.56. The molecule has 1 N–H and O–H groups in total. The predicted octanol–water partition coefficient (Wildman–Crippen LogP) is 2.63. The first-order valence-electron chi connectivity index (χ1n) is 9.30. The smallest absolute Gasteiger partial charge is 0.232 e. The summed E-state index contributed by atoms with van der Waals surface area (Å²) in [7, 11) is -3.54. The molecule has 0 aromatic heterocycles. The van der Waals surface area contributed by atoms with Crippen LogP contribution in [-0.2, 0) is 14.8 Å². The molecule has 0 saturated carbocycles. The van der Waals surface area contributed by atoms with Crippen LogP contribution in [0.3, 0.4) is 0 Å². The third kappa shape index (κ3) is 7.57. The minimum atomic E-state index is -3.54. The van der Waals surface area contributed by atoms with Crippen LogP contribution in [0.5, 0.6) is 5.75 Å². The first kappa shape index (κ1) is 22.4. The summed E-state index contributed by atoms with van der Waals surface area (Å²) in [5.74, 6) is 0.420. The van der Waals surface area contributed by atoms with Crippen LogP contribution in [0.15, 0.2) is 54.6 Å². The van der Waals surface area contributed by atoms with Gasteiger partial charge in [-0.05, 0) is 37.6 Å². The fourth-order valence-electron chi connectivity index (χ4n) is 2.71. The highest BCUT2D eigenvalue weighted by Gasteiger charge is 2.18. The van der Waals surface area contributed by atoms with E-state index in [9.17, 15) is 18.0 Å². The van der Waals surface area contributed by atoms with Crippen molar-refractivity contribution in [3.63, 3.8) is 0 Å². The van der Waals surface area contributed by atoms with Crippen molar-refractivity contribution in [1.29, 1.82) is 0 Å². The molecule has 1 amide bonds. The number of para-hydroxylation sites is 1. The summed E-state index contributed by atoms with van der Waals surface area (Å²) in [6.45, 7) is 2.29. The normalized spacial score (nSPS) is 11.0. The molecule has 0 radical (unpaired) electrons. The summed E-state index contributed by atoms with van der Waals surface area (Å²) in [4.78, 5) is 23.5. The van der Waals surface area contributed by atoms with E-state index < -0.39 is 10.0 Å². The number of benzene rings is 2. The Morgan fingerprint density at radius 3 is 2.45 bits per heavy atom. The van der Waals surface area contributed by atoms with E-state index >= 15 is 0 Å². The van der Waals surface area contributed by atoms with Crippen molar-refractivity contribution in [2.24, 2.45) is 0 Å². The molecule has 7 nitrogen and oxygen atoms in total. The summed E-state index contributed by atoms with van der Waals surface area (Å²) in [6.07, 6.45) is 1.64. The molecule has 2 rings (SSSR count). The zero-order valence-electron chi connectivity index (χ0n) is 16.6. The van der Waals surface area contributed by atoms with E-state index in [0.717, 1.165) is 12.0 Å². The van der Waals surface area contributed by atoms with Crippen LogP contribution in [0.4, 0.5) is 5.69 Å². The summed E-state index contributed by atoms with van der Waals surface area (Å²) < 4.78 is 31.0. The number of ether oxygens (including phenoxy) is 1. The Hall–Kier alpha value is -2.87. The van der Waals surface area contributed by atoms with Gasteiger partial charge in [0.05, 0.1) is 18.5 Å². The molecule has 0 aliphatic rings. The van der Waals surface area contributed by atoms with Crippen LogP contribution in [0, 0.1) is 0 Å². The number of carbonyl (C=O) groups excluding carboxylic acids is 2. The van der Waals surface area contributed by atoms with Gasteiger partial charge in [-0.25, -0.2) is 8.42 Å². The molecule has 29 heavy (non-hydrogen) atoms. The Morgan fingerprint density at radius 1 is 1.07 bits per heavy atom. The molecule has 0 aliphatic heterocycles. The highest BCUT2D eigenvalue weighted by molar-refractivity contribution is 7.92. The lowest BCUT2D eigenvalue weighted by molar-refractivity contribution is -0.121. The average Bonchev–Trinajstić information content (AvgIpc) is 2.68. The van der Waals surface area contributed by atoms with Crippen LogP contribution in [0.25, 0.3) is 0 Å². The number of nitrogens with one attached hydrogen (secondary N) is 1. The van der Waals surface area contributed by atoms with Crippen molar-refractivity contribution >= 4 is 27.4 Å².